The monoisotopic (exact) mass is 247 g/mol. The van der Waals surface area contributed by atoms with E-state index in [1.165, 1.54) is 18.4 Å². The molecular weight excluding hydrogens is 226 g/mol. The van der Waals surface area contributed by atoms with E-state index < -0.39 is 0 Å². The zero-order valence-electron chi connectivity index (χ0n) is 11.2. The second kappa shape index (κ2) is 4.04. The van der Waals surface area contributed by atoms with Crippen molar-refractivity contribution < 1.29 is 4.79 Å². The third-order valence-corrected chi connectivity index (χ3v) is 4.13. The molecule has 4 nitrogen and oxygen atoms in total. The van der Waals surface area contributed by atoms with E-state index in [0.717, 1.165) is 37.0 Å². The highest BCUT2D eigenvalue weighted by molar-refractivity contribution is 5.97. The van der Waals surface area contributed by atoms with Gasteiger partial charge in [-0.05, 0) is 44.1 Å². The third-order valence-electron chi connectivity index (χ3n) is 4.13. The molecule has 3 rings (SSSR count). The summed E-state index contributed by atoms with van der Waals surface area (Å²) in [5.74, 6) is 0.146. The molecule has 18 heavy (non-hydrogen) atoms. The van der Waals surface area contributed by atoms with E-state index in [2.05, 4.69) is 21.7 Å². The summed E-state index contributed by atoms with van der Waals surface area (Å²) in [5.41, 5.74) is 3.16. The molecule has 0 bridgehead atoms. The summed E-state index contributed by atoms with van der Waals surface area (Å²) in [6, 6.07) is 0. The van der Waals surface area contributed by atoms with Gasteiger partial charge in [0, 0.05) is 31.6 Å². The van der Waals surface area contributed by atoms with E-state index >= 15 is 0 Å². The van der Waals surface area contributed by atoms with Crippen LogP contribution in [0.4, 0.5) is 0 Å². The molecule has 1 amide bonds. The minimum atomic E-state index is -0.161. The Labute approximate surface area is 108 Å². The van der Waals surface area contributed by atoms with E-state index in [1.807, 2.05) is 14.1 Å². The summed E-state index contributed by atoms with van der Waals surface area (Å²) in [7, 11) is 4.06. The van der Waals surface area contributed by atoms with Gasteiger partial charge in [-0.25, -0.2) is 0 Å². The van der Waals surface area contributed by atoms with Gasteiger partial charge >= 0.3 is 0 Å². The molecule has 3 aliphatic rings. The Morgan fingerprint density at radius 3 is 2.56 bits per heavy atom. The van der Waals surface area contributed by atoms with Crippen molar-refractivity contribution in [1.82, 2.24) is 15.5 Å². The highest BCUT2D eigenvalue weighted by Crippen LogP contribution is 2.38. The molecule has 0 radical (unpaired) electrons. The van der Waals surface area contributed by atoms with Crippen LogP contribution >= 0.6 is 0 Å². The lowest BCUT2D eigenvalue weighted by Crippen LogP contribution is -2.60. The van der Waals surface area contributed by atoms with Crippen molar-refractivity contribution >= 4 is 5.91 Å². The first-order valence-corrected chi connectivity index (χ1v) is 6.81. The van der Waals surface area contributed by atoms with Crippen LogP contribution in [0.2, 0.25) is 0 Å². The van der Waals surface area contributed by atoms with Crippen LogP contribution in [0.15, 0.2) is 23.0 Å². The first-order valence-electron chi connectivity index (χ1n) is 6.81. The Morgan fingerprint density at radius 2 is 1.89 bits per heavy atom. The summed E-state index contributed by atoms with van der Waals surface area (Å²) < 4.78 is 0. The van der Waals surface area contributed by atoms with Gasteiger partial charge in [-0.3, -0.25) is 4.79 Å². The van der Waals surface area contributed by atoms with Gasteiger partial charge in [0.2, 0.25) is 0 Å². The van der Waals surface area contributed by atoms with Crippen molar-refractivity contribution in [3.63, 3.8) is 0 Å². The molecule has 2 N–H and O–H groups in total. The van der Waals surface area contributed by atoms with Crippen LogP contribution in [0.1, 0.15) is 38.5 Å². The number of nitrogens with zero attached hydrogens (tertiary/aromatic N) is 1. The molecule has 0 aromatic carbocycles. The largest absolute Gasteiger partial charge is 0.383 e. The van der Waals surface area contributed by atoms with Crippen molar-refractivity contribution in [3.05, 3.63) is 23.0 Å². The number of hydrogen-bond donors (Lipinski definition) is 2. The van der Waals surface area contributed by atoms with Gasteiger partial charge in [0.1, 0.15) is 5.66 Å². The van der Waals surface area contributed by atoms with Gasteiger partial charge in [-0.15, -0.1) is 0 Å². The molecule has 0 aromatic rings. The van der Waals surface area contributed by atoms with Crippen LogP contribution < -0.4 is 10.6 Å². The van der Waals surface area contributed by atoms with Crippen LogP contribution in [0.3, 0.4) is 0 Å². The van der Waals surface area contributed by atoms with Crippen molar-refractivity contribution in [2.24, 2.45) is 0 Å². The fourth-order valence-corrected chi connectivity index (χ4v) is 3.32. The Bertz CT molecular complexity index is 442. The molecule has 1 saturated carbocycles. The van der Waals surface area contributed by atoms with E-state index in [-0.39, 0.29) is 11.6 Å². The molecule has 0 aromatic heterocycles. The van der Waals surface area contributed by atoms with E-state index in [9.17, 15) is 4.79 Å². The van der Waals surface area contributed by atoms with Gasteiger partial charge in [-0.1, -0.05) is 0 Å². The normalized spacial score (nSPS) is 27.4. The lowest BCUT2D eigenvalue weighted by Gasteiger charge is -2.37. The summed E-state index contributed by atoms with van der Waals surface area (Å²) >= 11 is 0. The second-order valence-electron chi connectivity index (χ2n) is 5.84. The predicted octanol–water partition coefficient (Wildman–Crippen LogP) is 1.47. The lowest BCUT2D eigenvalue weighted by molar-refractivity contribution is -0.120. The zero-order chi connectivity index (χ0) is 12.8. The number of amides is 1. The summed E-state index contributed by atoms with van der Waals surface area (Å²) in [5, 5.41) is 6.82. The van der Waals surface area contributed by atoms with Gasteiger partial charge < -0.3 is 15.5 Å². The van der Waals surface area contributed by atoms with Gasteiger partial charge in [0.15, 0.2) is 0 Å². The summed E-state index contributed by atoms with van der Waals surface area (Å²) in [6.45, 7) is 0. The molecule has 1 fully saturated rings. The Morgan fingerprint density at radius 1 is 1.17 bits per heavy atom. The van der Waals surface area contributed by atoms with Crippen LogP contribution in [0, 0.1) is 0 Å². The number of carbonyl (C=O) groups excluding carboxylic acids is 1. The Hall–Kier alpha value is -1.45. The first kappa shape index (κ1) is 11.6. The van der Waals surface area contributed by atoms with Gasteiger partial charge in [0.25, 0.3) is 5.91 Å². The molecule has 98 valence electrons. The average molecular weight is 247 g/mol. The fraction of sp³-hybridized carbons (Fsp3) is 0.643. The number of carbonyl (C=O) groups is 1. The molecule has 1 heterocycles. The molecule has 1 aliphatic heterocycles. The van der Waals surface area contributed by atoms with Crippen LogP contribution in [-0.4, -0.2) is 30.6 Å². The van der Waals surface area contributed by atoms with Crippen molar-refractivity contribution in [1.29, 1.82) is 0 Å². The van der Waals surface area contributed by atoms with Crippen LogP contribution in [0.25, 0.3) is 0 Å². The molecule has 4 heteroatoms. The highest BCUT2D eigenvalue weighted by Gasteiger charge is 2.42. The number of allylic oxidation sites excluding steroid dienone is 1. The molecule has 1 spiro atoms. The molecular formula is C14H21N3O. The quantitative estimate of drug-likeness (QED) is 0.737. The maximum atomic E-state index is 12.2. The third kappa shape index (κ3) is 1.80. The van der Waals surface area contributed by atoms with E-state index in [0.29, 0.717) is 0 Å². The zero-order valence-corrected chi connectivity index (χ0v) is 11.2. The molecule has 0 unspecified atom stereocenters. The lowest BCUT2D eigenvalue weighted by atomic mass is 10.0. The van der Waals surface area contributed by atoms with Crippen molar-refractivity contribution in [2.45, 2.75) is 44.2 Å². The average Bonchev–Trinajstić information content (AvgIpc) is 2.88. The molecule has 0 saturated heterocycles. The van der Waals surface area contributed by atoms with Crippen molar-refractivity contribution in [2.75, 3.05) is 14.1 Å². The van der Waals surface area contributed by atoms with Crippen LogP contribution in [0.5, 0.6) is 0 Å². The Balaban J connectivity index is 1.94. The molecule has 2 aliphatic carbocycles. The number of nitrogens with one attached hydrogen (secondary N) is 2. The van der Waals surface area contributed by atoms with E-state index in [1.54, 1.807) is 0 Å². The minimum absolute atomic E-state index is 0.146. The standard InChI is InChI=1S/C14H21N3O/c1-17(2)9-10-5-6-11-12(10)15-14(16-13(11)18)7-3-4-8-14/h9,15H,3-8H2,1-2H3,(H,16,18)/b10-9-. The number of hydrogen-bond acceptors (Lipinski definition) is 3. The topological polar surface area (TPSA) is 44.4 Å². The number of rotatable bonds is 1. The van der Waals surface area contributed by atoms with Gasteiger partial charge in [-0.2, -0.15) is 0 Å². The Kier molecular flexibility index (Phi) is 2.61. The maximum absolute atomic E-state index is 12.2. The second-order valence-corrected chi connectivity index (χ2v) is 5.84. The SMILES string of the molecule is CN(C)/C=C1/CCC2=C1NC1(CCCC1)NC2=O. The highest BCUT2D eigenvalue weighted by atomic mass is 16.2. The summed E-state index contributed by atoms with van der Waals surface area (Å²) in [6.07, 6.45) is 8.46. The minimum Gasteiger partial charge on any atom is -0.383 e. The van der Waals surface area contributed by atoms with Crippen LogP contribution in [-0.2, 0) is 4.79 Å². The molecule has 0 atom stereocenters. The maximum Gasteiger partial charge on any atom is 0.251 e. The first-order chi connectivity index (χ1) is 8.60. The predicted molar refractivity (Wildman–Crippen MR) is 70.5 cm³/mol. The van der Waals surface area contributed by atoms with E-state index in [4.69, 9.17) is 0 Å². The fourth-order valence-electron chi connectivity index (χ4n) is 3.32. The van der Waals surface area contributed by atoms with Gasteiger partial charge in [0.05, 0.1) is 0 Å². The summed E-state index contributed by atoms with van der Waals surface area (Å²) in [4.78, 5) is 14.3. The smallest absolute Gasteiger partial charge is 0.251 e. The van der Waals surface area contributed by atoms with Crippen molar-refractivity contribution in [3.8, 4) is 0 Å².